The van der Waals surface area contributed by atoms with Crippen LogP contribution in [-0.2, 0) is 11.0 Å². The number of nitrogens with one attached hydrogen (secondary N) is 1. The molecule has 1 aliphatic heterocycles. The van der Waals surface area contributed by atoms with E-state index >= 15 is 0 Å². The molecule has 1 amide bonds. The molecule has 2 heterocycles. The molecule has 1 unspecified atom stereocenters. The summed E-state index contributed by atoms with van der Waals surface area (Å²) in [7, 11) is 0. The number of nitrogens with zero attached hydrogens (tertiary/aromatic N) is 3. The largest absolute Gasteiger partial charge is 0.454 e. The monoisotopic (exact) mass is 444 g/mol. The molecule has 0 bridgehead atoms. The highest BCUT2D eigenvalue weighted by Crippen LogP contribution is 2.29. The number of alkyl halides is 4. The maximum Gasteiger partial charge on any atom is 0.451 e. The third-order valence-electron chi connectivity index (χ3n) is 3.97. The van der Waals surface area contributed by atoms with Crippen LogP contribution in [0.3, 0.4) is 0 Å². The minimum atomic E-state index is -4.59. The third-order valence-corrected chi connectivity index (χ3v) is 4.48. The van der Waals surface area contributed by atoms with E-state index < -0.39 is 12.0 Å². The van der Waals surface area contributed by atoms with Crippen LogP contribution in [0.15, 0.2) is 36.7 Å². The van der Waals surface area contributed by atoms with Crippen LogP contribution in [0.25, 0.3) is 0 Å². The van der Waals surface area contributed by atoms with Crippen molar-refractivity contribution < 1.29 is 22.7 Å². The molecule has 2 aromatic rings. The predicted molar refractivity (Wildman–Crippen MR) is 96.1 cm³/mol. The van der Waals surface area contributed by atoms with Crippen LogP contribution in [0.2, 0.25) is 0 Å². The minimum absolute atomic E-state index is 0.0544. The molecule has 1 aromatic heterocycles. The molecule has 10 heteroatoms. The number of ether oxygens (including phenoxy) is 1. The van der Waals surface area contributed by atoms with E-state index in [0.717, 1.165) is 31.0 Å². The first kappa shape index (κ1) is 19.4. The van der Waals surface area contributed by atoms with Gasteiger partial charge in [0.2, 0.25) is 11.7 Å². The molecule has 0 radical (unpaired) electrons. The first-order valence-electron chi connectivity index (χ1n) is 8.12. The Hall–Kier alpha value is -2.36. The summed E-state index contributed by atoms with van der Waals surface area (Å²) in [5, 5.41) is 3.20. The van der Waals surface area contributed by atoms with Crippen LogP contribution >= 0.6 is 15.9 Å². The predicted octanol–water partition coefficient (Wildman–Crippen LogP) is 3.38. The summed E-state index contributed by atoms with van der Waals surface area (Å²) in [4.78, 5) is 20.1. The van der Waals surface area contributed by atoms with E-state index in [-0.39, 0.29) is 23.0 Å². The SMILES string of the molecule is O=C(CBr)NC1CCN(c2cccc(Oc3cnc(C(F)(F)F)nc3)c2)C1. The van der Waals surface area contributed by atoms with Crippen LogP contribution in [0.1, 0.15) is 12.2 Å². The molecule has 3 rings (SSSR count). The Kier molecular flexibility index (Phi) is 5.83. The van der Waals surface area contributed by atoms with Crippen molar-refractivity contribution in [2.75, 3.05) is 23.3 Å². The molecule has 6 nitrogen and oxygen atoms in total. The van der Waals surface area contributed by atoms with Gasteiger partial charge >= 0.3 is 6.18 Å². The van der Waals surface area contributed by atoms with Gasteiger partial charge in [0.05, 0.1) is 17.7 Å². The van der Waals surface area contributed by atoms with Crippen molar-refractivity contribution in [3.05, 3.63) is 42.5 Å². The summed E-state index contributed by atoms with van der Waals surface area (Å²) < 4.78 is 43.1. The van der Waals surface area contributed by atoms with Gasteiger partial charge in [-0.3, -0.25) is 4.79 Å². The Morgan fingerprint density at radius 3 is 2.70 bits per heavy atom. The molecule has 0 saturated carbocycles. The van der Waals surface area contributed by atoms with Gasteiger partial charge in [-0.2, -0.15) is 13.2 Å². The molecular weight excluding hydrogens is 429 g/mol. The average molecular weight is 445 g/mol. The lowest BCUT2D eigenvalue weighted by Crippen LogP contribution is -2.37. The van der Waals surface area contributed by atoms with E-state index in [1.54, 1.807) is 18.2 Å². The van der Waals surface area contributed by atoms with E-state index in [4.69, 9.17) is 4.74 Å². The van der Waals surface area contributed by atoms with Crippen molar-refractivity contribution in [1.29, 1.82) is 0 Å². The summed E-state index contributed by atoms with van der Waals surface area (Å²) in [5.41, 5.74) is 0.899. The van der Waals surface area contributed by atoms with Gasteiger partial charge in [-0.15, -0.1) is 0 Å². The molecular formula is C17H16BrF3N4O2. The smallest absolute Gasteiger partial charge is 0.451 e. The summed E-state index contributed by atoms with van der Waals surface area (Å²) in [6.07, 6.45) is -1.78. The van der Waals surface area contributed by atoms with Gasteiger partial charge in [0.15, 0.2) is 5.75 Å². The lowest BCUT2D eigenvalue weighted by Gasteiger charge is -2.19. The zero-order valence-corrected chi connectivity index (χ0v) is 15.6. The molecule has 1 N–H and O–H groups in total. The maximum absolute atomic E-state index is 12.5. The fourth-order valence-electron chi connectivity index (χ4n) is 2.77. The molecule has 0 spiro atoms. The topological polar surface area (TPSA) is 67.4 Å². The van der Waals surface area contributed by atoms with Gasteiger partial charge < -0.3 is 15.0 Å². The Morgan fingerprint density at radius 2 is 2.04 bits per heavy atom. The minimum Gasteiger partial charge on any atom is -0.454 e. The molecule has 1 aromatic carbocycles. The molecule has 1 saturated heterocycles. The van der Waals surface area contributed by atoms with E-state index in [1.807, 2.05) is 6.07 Å². The number of aromatic nitrogens is 2. The number of hydrogen-bond donors (Lipinski definition) is 1. The number of anilines is 1. The molecule has 1 atom stereocenters. The number of hydrogen-bond acceptors (Lipinski definition) is 5. The molecule has 1 fully saturated rings. The van der Waals surface area contributed by atoms with Gasteiger partial charge in [-0.25, -0.2) is 9.97 Å². The number of carbonyl (C=O) groups is 1. The second-order valence-electron chi connectivity index (χ2n) is 5.97. The highest BCUT2D eigenvalue weighted by Gasteiger charge is 2.34. The number of carbonyl (C=O) groups excluding carboxylic acids is 1. The van der Waals surface area contributed by atoms with E-state index in [9.17, 15) is 18.0 Å². The number of amides is 1. The van der Waals surface area contributed by atoms with Gasteiger partial charge in [0.1, 0.15) is 5.75 Å². The zero-order valence-electron chi connectivity index (χ0n) is 14.0. The highest BCUT2D eigenvalue weighted by atomic mass is 79.9. The molecule has 0 aliphatic carbocycles. The second-order valence-corrected chi connectivity index (χ2v) is 6.53. The third kappa shape index (κ3) is 5.09. The summed E-state index contributed by atoms with van der Waals surface area (Å²) >= 11 is 3.12. The summed E-state index contributed by atoms with van der Waals surface area (Å²) in [6, 6.07) is 7.25. The van der Waals surface area contributed by atoms with E-state index in [1.165, 1.54) is 0 Å². The first-order chi connectivity index (χ1) is 12.8. The molecule has 27 heavy (non-hydrogen) atoms. The number of rotatable bonds is 5. The number of halogens is 4. The first-order valence-corrected chi connectivity index (χ1v) is 9.25. The Morgan fingerprint density at radius 1 is 1.30 bits per heavy atom. The van der Waals surface area contributed by atoms with Crippen LogP contribution in [0.4, 0.5) is 18.9 Å². The van der Waals surface area contributed by atoms with Crippen molar-refractivity contribution in [2.45, 2.75) is 18.6 Å². The van der Waals surface area contributed by atoms with Gasteiger partial charge in [0.25, 0.3) is 0 Å². The lowest BCUT2D eigenvalue weighted by molar-refractivity contribution is -0.145. The zero-order chi connectivity index (χ0) is 19.4. The van der Waals surface area contributed by atoms with Crippen molar-refractivity contribution in [3.63, 3.8) is 0 Å². The summed E-state index contributed by atoms with van der Waals surface area (Å²) in [5.74, 6) is -0.689. The summed E-state index contributed by atoms with van der Waals surface area (Å²) in [6.45, 7) is 1.45. The van der Waals surface area contributed by atoms with Crippen LogP contribution in [0.5, 0.6) is 11.5 Å². The molecule has 144 valence electrons. The molecule has 1 aliphatic rings. The standard InChI is InChI=1S/C17H16BrF3N4O2/c18-7-15(26)24-11-4-5-25(10-11)12-2-1-3-13(6-12)27-14-8-22-16(23-9-14)17(19,20)21/h1-3,6,8-9,11H,4-5,7,10H2,(H,24,26). The Bertz CT molecular complexity index is 802. The van der Waals surface area contributed by atoms with Crippen LogP contribution in [0, 0.1) is 0 Å². The van der Waals surface area contributed by atoms with E-state index in [2.05, 4.69) is 36.1 Å². The Balaban J connectivity index is 1.65. The van der Waals surface area contributed by atoms with Gasteiger partial charge in [-0.1, -0.05) is 22.0 Å². The normalized spacial score (nSPS) is 17.0. The van der Waals surface area contributed by atoms with Crippen molar-refractivity contribution in [2.24, 2.45) is 0 Å². The van der Waals surface area contributed by atoms with Crippen molar-refractivity contribution in [1.82, 2.24) is 15.3 Å². The van der Waals surface area contributed by atoms with Crippen LogP contribution in [-0.4, -0.2) is 40.3 Å². The second kappa shape index (κ2) is 8.12. The maximum atomic E-state index is 12.5. The quantitative estimate of drug-likeness (QED) is 0.716. The fraction of sp³-hybridized carbons (Fsp3) is 0.353. The van der Waals surface area contributed by atoms with Crippen LogP contribution < -0.4 is 15.0 Å². The van der Waals surface area contributed by atoms with Crippen molar-refractivity contribution >= 4 is 27.5 Å². The van der Waals surface area contributed by atoms with Crippen molar-refractivity contribution in [3.8, 4) is 11.5 Å². The fourth-order valence-corrected chi connectivity index (χ4v) is 2.94. The Labute approximate surface area is 161 Å². The number of benzene rings is 1. The van der Waals surface area contributed by atoms with Gasteiger partial charge in [-0.05, 0) is 18.6 Å². The lowest BCUT2D eigenvalue weighted by atomic mass is 10.2. The van der Waals surface area contributed by atoms with Gasteiger partial charge in [0, 0.05) is 30.9 Å². The highest BCUT2D eigenvalue weighted by molar-refractivity contribution is 9.09. The average Bonchev–Trinajstić information content (AvgIpc) is 3.10. The van der Waals surface area contributed by atoms with E-state index in [0.29, 0.717) is 12.3 Å².